The van der Waals surface area contributed by atoms with Crippen molar-refractivity contribution in [3.63, 3.8) is 0 Å². The number of ketones is 1. The number of Topliss-reactive ketones (excluding diaryl/α,β-unsaturated/α-hetero) is 1. The maximum atomic E-state index is 13.2. The lowest BCUT2D eigenvalue weighted by Crippen LogP contribution is -2.39. The molecule has 9 nitrogen and oxygen atoms in total. The Labute approximate surface area is 213 Å². The molecular weight excluding hydrogens is 488 g/mol. The van der Waals surface area contributed by atoms with E-state index in [4.69, 9.17) is 21.1 Å². The number of carbonyl (C=O) groups is 3. The minimum atomic E-state index is -0.917. The van der Waals surface area contributed by atoms with Gasteiger partial charge in [-0.3, -0.25) is 14.5 Å². The minimum absolute atomic E-state index is 0.0509. The number of methoxy groups -OCH3 is 1. The number of halogens is 1. The molecule has 190 valence electrons. The van der Waals surface area contributed by atoms with Crippen LogP contribution in [-0.4, -0.2) is 84.2 Å². The molecule has 2 N–H and O–H groups in total. The van der Waals surface area contributed by atoms with E-state index < -0.39 is 29.5 Å². The molecule has 1 amide bonds. The molecule has 2 aliphatic rings. The van der Waals surface area contributed by atoms with Crippen molar-refractivity contribution in [2.75, 3.05) is 46.5 Å². The van der Waals surface area contributed by atoms with Crippen LogP contribution in [0.1, 0.15) is 33.9 Å². The molecule has 0 aliphatic carbocycles. The number of benzene rings is 2. The zero-order valence-electron chi connectivity index (χ0n) is 19.8. The van der Waals surface area contributed by atoms with Gasteiger partial charge in [-0.05, 0) is 42.3 Å². The van der Waals surface area contributed by atoms with Crippen LogP contribution in [0.4, 0.5) is 0 Å². The van der Waals surface area contributed by atoms with E-state index in [9.17, 15) is 24.6 Å². The van der Waals surface area contributed by atoms with E-state index in [0.29, 0.717) is 30.8 Å². The Bertz CT molecular complexity index is 1190. The third-order valence-corrected chi connectivity index (χ3v) is 6.61. The van der Waals surface area contributed by atoms with Crippen molar-refractivity contribution in [3.05, 3.63) is 69.8 Å². The van der Waals surface area contributed by atoms with Crippen LogP contribution < -0.4 is 0 Å². The fraction of sp³-hybridized carbons (Fsp3) is 0.346. The monoisotopic (exact) mass is 514 g/mol. The predicted molar refractivity (Wildman–Crippen MR) is 132 cm³/mol. The Kier molecular flexibility index (Phi) is 7.93. The van der Waals surface area contributed by atoms with Gasteiger partial charge in [0.2, 0.25) is 0 Å². The number of ether oxygens (including phenoxy) is 2. The number of aliphatic hydroxyl groups is 1. The van der Waals surface area contributed by atoms with E-state index in [2.05, 4.69) is 4.90 Å². The fourth-order valence-electron chi connectivity index (χ4n) is 4.51. The maximum Gasteiger partial charge on any atom is 0.337 e. The Balaban J connectivity index is 1.72. The molecule has 0 spiro atoms. The summed E-state index contributed by atoms with van der Waals surface area (Å²) in [4.78, 5) is 41.8. The number of esters is 1. The fourth-order valence-corrected chi connectivity index (χ4v) is 4.68. The summed E-state index contributed by atoms with van der Waals surface area (Å²) >= 11 is 6.05. The van der Waals surface area contributed by atoms with Gasteiger partial charge in [0.15, 0.2) is 0 Å². The van der Waals surface area contributed by atoms with Crippen molar-refractivity contribution in [1.29, 1.82) is 0 Å². The Morgan fingerprint density at radius 3 is 2.47 bits per heavy atom. The summed E-state index contributed by atoms with van der Waals surface area (Å²) in [7, 11) is 1.27. The smallest absolute Gasteiger partial charge is 0.337 e. The molecule has 0 aromatic heterocycles. The van der Waals surface area contributed by atoms with Crippen molar-refractivity contribution in [3.8, 4) is 5.75 Å². The van der Waals surface area contributed by atoms with Crippen molar-refractivity contribution < 1.29 is 34.1 Å². The van der Waals surface area contributed by atoms with Gasteiger partial charge in [-0.15, -0.1) is 0 Å². The highest BCUT2D eigenvalue weighted by molar-refractivity contribution is 6.46. The predicted octanol–water partition coefficient (Wildman–Crippen LogP) is 2.98. The molecule has 0 saturated carbocycles. The van der Waals surface area contributed by atoms with Crippen LogP contribution in [0.15, 0.2) is 48.0 Å². The molecule has 10 heteroatoms. The van der Waals surface area contributed by atoms with E-state index in [1.54, 1.807) is 12.1 Å². The van der Waals surface area contributed by atoms with Gasteiger partial charge >= 0.3 is 5.97 Å². The number of carbonyl (C=O) groups excluding carboxylic acids is 3. The van der Waals surface area contributed by atoms with Crippen LogP contribution in [0, 0.1) is 0 Å². The molecule has 0 radical (unpaired) electrons. The summed E-state index contributed by atoms with van der Waals surface area (Å²) < 4.78 is 10.1. The number of morpholine rings is 1. The Hall–Kier alpha value is -3.40. The number of phenols is 1. The molecule has 2 aliphatic heterocycles. The molecule has 2 saturated heterocycles. The number of hydrogen-bond donors (Lipinski definition) is 2. The number of rotatable bonds is 7. The number of phenolic OH excluding ortho intramolecular Hbond substituents is 1. The van der Waals surface area contributed by atoms with Gasteiger partial charge in [-0.25, -0.2) is 4.79 Å². The molecule has 2 aromatic rings. The Morgan fingerprint density at radius 1 is 1.11 bits per heavy atom. The van der Waals surface area contributed by atoms with Crippen molar-refractivity contribution in [2.45, 2.75) is 12.5 Å². The second-order valence-corrected chi connectivity index (χ2v) is 9.01. The highest BCUT2D eigenvalue weighted by Crippen LogP contribution is 2.41. The molecule has 2 fully saturated rings. The molecule has 1 atom stereocenters. The van der Waals surface area contributed by atoms with Crippen LogP contribution in [0.3, 0.4) is 0 Å². The summed E-state index contributed by atoms with van der Waals surface area (Å²) in [6.07, 6.45) is 0.603. The van der Waals surface area contributed by atoms with Gasteiger partial charge in [0.05, 0.1) is 43.1 Å². The summed E-state index contributed by atoms with van der Waals surface area (Å²) in [6.45, 7) is 3.88. The largest absolute Gasteiger partial charge is 0.507 e. The van der Waals surface area contributed by atoms with Gasteiger partial charge in [-0.2, -0.15) is 0 Å². The highest BCUT2D eigenvalue weighted by Gasteiger charge is 2.46. The molecule has 0 bridgehead atoms. The van der Waals surface area contributed by atoms with Gasteiger partial charge in [0, 0.05) is 31.2 Å². The number of nitrogens with zero attached hydrogens (tertiary/aromatic N) is 2. The first-order valence-corrected chi connectivity index (χ1v) is 11.9. The van der Waals surface area contributed by atoms with Gasteiger partial charge < -0.3 is 24.6 Å². The van der Waals surface area contributed by atoms with Crippen LogP contribution in [0.25, 0.3) is 5.76 Å². The van der Waals surface area contributed by atoms with Gasteiger partial charge in [0.1, 0.15) is 11.5 Å². The van der Waals surface area contributed by atoms with E-state index in [-0.39, 0.29) is 28.5 Å². The lowest BCUT2D eigenvalue weighted by Gasteiger charge is -2.29. The van der Waals surface area contributed by atoms with E-state index in [0.717, 1.165) is 19.6 Å². The van der Waals surface area contributed by atoms with Crippen LogP contribution >= 0.6 is 11.6 Å². The molecule has 2 aromatic carbocycles. The van der Waals surface area contributed by atoms with Crippen molar-refractivity contribution in [1.82, 2.24) is 9.80 Å². The Morgan fingerprint density at radius 2 is 1.81 bits per heavy atom. The number of aromatic hydroxyl groups is 1. The minimum Gasteiger partial charge on any atom is -0.507 e. The van der Waals surface area contributed by atoms with Crippen molar-refractivity contribution in [2.24, 2.45) is 0 Å². The first-order chi connectivity index (χ1) is 17.3. The second-order valence-electron chi connectivity index (χ2n) is 8.58. The highest BCUT2D eigenvalue weighted by atomic mass is 35.5. The zero-order valence-corrected chi connectivity index (χ0v) is 20.5. The lowest BCUT2D eigenvalue weighted by molar-refractivity contribution is -0.140. The average Bonchev–Trinajstić information content (AvgIpc) is 3.15. The first-order valence-electron chi connectivity index (χ1n) is 11.6. The SMILES string of the molecule is COC(=O)c1ccc([C@H]2C(=C(O)c3cc(Cl)ccc3O)C(=O)C(=O)N2CCCN2CCOCC2)cc1. The average molecular weight is 515 g/mol. The van der Waals surface area contributed by atoms with E-state index >= 15 is 0 Å². The van der Waals surface area contributed by atoms with Crippen LogP contribution in [0.2, 0.25) is 5.02 Å². The van der Waals surface area contributed by atoms with E-state index in [1.165, 1.54) is 42.3 Å². The second kappa shape index (κ2) is 11.1. The molecule has 4 rings (SSSR count). The molecule has 2 heterocycles. The maximum absolute atomic E-state index is 13.2. The molecule has 36 heavy (non-hydrogen) atoms. The lowest BCUT2D eigenvalue weighted by atomic mass is 9.94. The summed E-state index contributed by atoms with van der Waals surface area (Å²) in [5.41, 5.74) is 0.619. The molecular formula is C26H27ClN2O7. The normalized spacial score (nSPS) is 20.1. The first kappa shape index (κ1) is 25.7. The number of aliphatic hydroxyl groups excluding tert-OH is 1. The van der Waals surface area contributed by atoms with Crippen molar-refractivity contribution >= 4 is 35.0 Å². The quantitative estimate of drug-likeness (QED) is 0.251. The van der Waals surface area contributed by atoms with Gasteiger partial charge in [0.25, 0.3) is 11.7 Å². The van der Waals surface area contributed by atoms with Gasteiger partial charge in [-0.1, -0.05) is 23.7 Å². The third-order valence-electron chi connectivity index (χ3n) is 6.38. The summed E-state index contributed by atoms with van der Waals surface area (Å²) in [5, 5.41) is 21.7. The van der Waals surface area contributed by atoms with E-state index in [1.807, 2.05) is 0 Å². The standard InChI is InChI=1S/C26H27ClN2O7/c1-35-26(34)17-5-3-16(4-6-17)22-21(23(31)19-15-18(27)7-8-20(19)30)24(32)25(33)29(22)10-2-9-28-11-13-36-14-12-28/h3-8,15,22,30-31H,2,9-14H2,1H3/t22-/m0/s1. The van der Waals surface area contributed by atoms with Crippen LogP contribution in [0.5, 0.6) is 5.75 Å². The number of likely N-dealkylation sites (tertiary alicyclic amines) is 1. The summed E-state index contributed by atoms with van der Waals surface area (Å²) in [5.74, 6) is -2.94. The number of hydrogen-bond acceptors (Lipinski definition) is 8. The van der Waals surface area contributed by atoms with Crippen LogP contribution in [-0.2, 0) is 19.1 Å². The zero-order chi connectivity index (χ0) is 25.8. The summed E-state index contributed by atoms with van der Waals surface area (Å²) in [6, 6.07) is 9.45. The third kappa shape index (κ3) is 5.23. The number of amides is 1. The topological polar surface area (TPSA) is 117 Å². The molecule has 0 unspecified atom stereocenters.